The standard InChI is InChI=1S/C14H16BF3O4/c1-12(2)13(3,4)22-15(21-12)8-5-6-9(11(19)20)10(7-8)14(16,17)18/h5-7H,1-4H3,(H,19,20). The van der Waals surface area contributed by atoms with E-state index in [4.69, 9.17) is 14.4 Å². The molecule has 1 heterocycles. The monoisotopic (exact) mass is 316 g/mol. The van der Waals surface area contributed by atoms with E-state index in [1.165, 1.54) is 6.07 Å². The van der Waals surface area contributed by atoms with Crippen LogP contribution >= 0.6 is 0 Å². The van der Waals surface area contributed by atoms with Crippen molar-refractivity contribution in [3.8, 4) is 0 Å². The number of aromatic carboxylic acids is 1. The zero-order chi connectivity index (χ0) is 16.9. The molecule has 0 amide bonds. The van der Waals surface area contributed by atoms with Crippen molar-refractivity contribution in [3.05, 3.63) is 29.3 Å². The number of carbonyl (C=O) groups is 1. The molecule has 0 bridgehead atoms. The minimum Gasteiger partial charge on any atom is -0.478 e. The van der Waals surface area contributed by atoms with Crippen molar-refractivity contribution in [2.45, 2.75) is 45.1 Å². The van der Waals surface area contributed by atoms with Crippen molar-refractivity contribution < 1.29 is 32.4 Å². The van der Waals surface area contributed by atoms with Crippen LogP contribution < -0.4 is 5.46 Å². The lowest BCUT2D eigenvalue weighted by molar-refractivity contribution is -0.138. The summed E-state index contributed by atoms with van der Waals surface area (Å²) in [6.07, 6.45) is -4.77. The smallest absolute Gasteiger partial charge is 0.478 e. The van der Waals surface area contributed by atoms with Crippen molar-refractivity contribution in [3.63, 3.8) is 0 Å². The van der Waals surface area contributed by atoms with E-state index in [0.29, 0.717) is 0 Å². The Morgan fingerprint density at radius 2 is 1.64 bits per heavy atom. The summed E-state index contributed by atoms with van der Waals surface area (Å²) >= 11 is 0. The molecule has 1 aromatic rings. The van der Waals surface area contributed by atoms with Gasteiger partial charge in [0.15, 0.2) is 0 Å². The van der Waals surface area contributed by atoms with Crippen LogP contribution in [0.3, 0.4) is 0 Å². The summed E-state index contributed by atoms with van der Waals surface area (Å²) in [5.74, 6) is -1.63. The van der Waals surface area contributed by atoms with Gasteiger partial charge in [0.05, 0.1) is 22.3 Å². The van der Waals surface area contributed by atoms with Crippen LogP contribution in [0.25, 0.3) is 0 Å². The van der Waals surface area contributed by atoms with Gasteiger partial charge in [0.1, 0.15) is 0 Å². The number of carboxylic acid groups (broad SMARTS) is 1. The summed E-state index contributed by atoms with van der Waals surface area (Å²) in [5, 5.41) is 8.89. The summed E-state index contributed by atoms with van der Waals surface area (Å²) in [4.78, 5) is 10.9. The second kappa shape index (κ2) is 4.99. The number of alkyl halides is 3. The number of hydrogen-bond donors (Lipinski definition) is 1. The lowest BCUT2D eigenvalue weighted by Gasteiger charge is -2.32. The molecule has 2 rings (SSSR count). The van der Waals surface area contributed by atoms with Gasteiger partial charge in [-0.25, -0.2) is 4.79 Å². The molecule has 0 aromatic heterocycles. The van der Waals surface area contributed by atoms with Crippen LogP contribution in [0.15, 0.2) is 18.2 Å². The van der Waals surface area contributed by atoms with Crippen molar-refractivity contribution >= 4 is 18.6 Å². The van der Waals surface area contributed by atoms with Crippen molar-refractivity contribution in [2.75, 3.05) is 0 Å². The molecule has 22 heavy (non-hydrogen) atoms. The van der Waals surface area contributed by atoms with E-state index in [0.717, 1.165) is 12.1 Å². The average Bonchev–Trinajstić information content (AvgIpc) is 2.56. The highest BCUT2D eigenvalue weighted by Gasteiger charge is 2.52. The van der Waals surface area contributed by atoms with Gasteiger partial charge in [0.2, 0.25) is 0 Å². The first-order valence-electron chi connectivity index (χ1n) is 6.65. The van der Waals surface area contributed by atoms with Gasteiger partial charge < -0.3 is 14.4 Å². The molecule has 120 valence electrons. The van der Waals surface area contributed by atoms with E-state index in [9.17, 15) is 18.0 Å². The molecule has 0 spiro atoms. The molecule has 0 saturated carbocycles. The second-order valence-corrected chi connectivity index (χ2v) is 6.20. The molecular weight excluding hydrogens is 300 g/mol. The molecule has 1 fully saturated rings. The molecule has 4 nitrogen and oxygen atoms in total. The van der Waals surface area contributed by atoms with Gasteiger partial charge in [-0.15, -0.1) is 0 Å². The van der Waals surface area contributed by atoms with E-state index in [-0.39, 0.29) is 5.46 Å². The Morgan fingerprint density at radius 1 is 1.14 bits per heavy atom. The van der Waals surface area contributed by atoms with Gasteiger partial charge >= 0.3 is 19.3 Å². The van der Waals surface area contributed by atoms with E-state index in [1.54, 1.807) is 27.7 Å². The molecule has 1 N–H and O–H groups in total. The fourth-order valence-electron chi connectivity index (χ4n) is 2.11. The highest BCUT2D eigenvalue weighted by molar-refractivity contribution is 6.62. The largest absolute Gasteiger partial charge is 0.494 e. The van der Waals surface area contributed by atoms with Gasteiger partial charge in [-0.05, 0) is 45.3 Å². The van der Waals surface area contributed by atoms with E-state index in [2.05, 4.69) is 0 Å². The fraction of sp³-hybridized carbons (Fsp3) is 0.500. The van der Waals surface area contributed by atoms with Crippen LogP contribution in [0.4, 0.5) is 13.2 Å². The molecule has 1 aliphatic heterocycles. The first-order chi connectivity index (χ1) is 9.85. The highest BCUT2D eigenvalue weighted by Crippen LogP contribution is 2.37. The Bertz CT molecular complexity index is 595. The predicted molar refractivity (Wildman–Crippen MR) is 74.1 cm³/mol. The maximum atomic E-state index is 13.0. The summed E-state index contributed by atoms with van der Waals surface area (Å²) in [6, 6.07) is 2.97. The number of hydrogen-bond acceptors (Lipinski definition) is 3. The van der Waals surface area contributed by atoms with Crippen molar-refractivity contribution in [2.24, 2.45) is 0 Å². The van der Waals surface area contributed by atoms with Gasteiger partial charge in [-0.1, -0.05) is 6.07 Å². The zero-order valence-corrected chi connectivity index (χ0v) is 12.6. The number of carboxylic acids is 1. The van der Waals surface area contributed by atoms with E-state index >= 15 is 0 Å². The summed E-state index contributed by atoms with van der Waals surface area (Å²) in [7, 11) is -0.978. The normalized spacial score (nSPS) is 20.2. The van der Waals surface area contributed by atoms with Gasteiger partial charge in [0, 0.05) is 0 Å². The third kappa shape index (κ3) is 2.85. The first-order valence-corrected chi connectivity index (χ1v) is 6.65. The lowest BCUT2D eigenvalue weighted by atomic mass is 9.77. The molecule has 1 aromatic carbocycles. The Hall–Kier alpha value is -1.54. The molecule has 8 heteroatoms. The molecule has 1 aliphatic rings. The molecular formula is C14H16BF3O4. The van der Waals surface area contributed by atoms with Gasteiger partial charge in [-0.3, -0.25) is 0 Å². The van der Waals surface area contributed by atoms with Crippen LogP contribution in [-0.4, -0.2) is 29.4 Å². The summed E-state index contributed by atoms with van der Waals surface area (Å²) in [5.41, 5.74) is -3.26. The number of rotatable bonds is 2. The molecule has 1 saturated heterocycles. The Morgan fingerprint density at radius 3 is 2.05 bits per heavy atom. The van der Waals surface area contributed by atoms with Crippen molar-refractivity contribution in [1.29, 1.82) is 0 Å². The second-order valence-electron chi connectivity index (χ2n) is 6.20. The van der Waals surface area contributed by atoms with Crippen LogP contribution in [-0.2, 0) is 15.5 Å². The molecule has 0 atom stereocenters. The zero-order valence-electron chi connectivity index (χ0n) is 12.6. The summed E-state index contributed by atoms with van der Waals surface area (Å²) in [6.45, 7) is 7.12. The first kappa shape index (κ1) is 16.8. The minimum atomic E-state index is -4.77. The van der Waals surface area contributed by atoms with Gasteiger partial charge in [0.25, 0.3) is 0 Å². The minimum absolute atomic E-state index is 0.135. The number of benzene rings is 1. The van der Waals surface area contributed by atoms with Crippen LogP contribution in [0, 0.1) is 0 Å². The summed E-state index contributed by atoms with van der Waals surface area (Å²) < 4.78 is 50.5. The van der Waals surface area contributed by atoms with Crippen LogP contribution in [0.5, 0.6) is 0 Å². The maximum absolute atomic E-state index is 13.0. The number of halogens is 3. The van der Waals surface area contributed by atoms with Crippen LogP contribution in [0.1, 0.15) is 43.6 Å². The quantitative estimate of drug-likeness (QED) is 0.853. The Kier molecular flexibility index (Phi) is 3.82. The third-order valence-electron chi connectivity index (χ3n) is 4.10. The highest BCUT2D eigenvalue weighted by atomic mass is 19.4. The van der Waals surface area contributed by atoms with Crippen LogP contribution in [0.2, 0.25) is 0 Å². The van der Waals surface area contributed by atoms with E-state index < -0.39 is 41.6 Å². The molecule has 0 aliphatic carbocycles. The predicted octanol–water partition coefficient (Wildman–Crippen LogP) is 2.70. The molecule has 0 radical (unpaired) electrons. The SMILES string of the molecule is CC1(C)OB(c2ccc(C(=O)O)c(C(F)(F)F)c2)OC1(C)C. The molecule has 0 unspecified atom stereocenters. The Balaban J connectivity index is 2.45. The van der Waals surface area contributed by atoms with E-state index in [1.807, 2.05) is 0 Å². The average molecular weight is 316 g/mol. The third-order valence-corrected chi connectivity index (χ3v) is 4.10. The topological polar surface area (TPSA) is 55.8 Å². The van der Waals surface area contributed by atoms with Crippen molar-refractivity contribution in [1.82, 2.24) is 0 Å². The lowest BCUT2D eigenvalue weighted by Crippen LogP contribution is -2.41. The fourth-order valence-corrected chi connectivity index (χ4v) is 2.11. The maximum Gasteiger partial charge on any atom is 0.494 e. The Labute approximate surface area is 126 Å². The van der Waals surface area contributed by atoms with Gasteiger partial charge in [-0.2, -0.15) is 13.2 Å².